The first kappa shape index (κ1) is 27.2. The Morgan fingerprint density at radius 3 is 2.59 bits per heavy atom. The summed E-state index contributed by atoms with van der Waals surface area (Å²) in [6.45, 7) is 8.57. The van der Waals surface area contributed by atoms with Gasteiger partial charge < -0.3 is 10.2 Å². The van der Waals surface area contributed by atoms with Gasteiger partial charge in [-0.3, -0.25) is 14.8 Å². The summed E-state index contributed by atoms with van der Waals surface area (Å²) in [6, 6.07) is 4.28. The highest BCUT2D eigenvalue weighted by atomic mass is 32.2. The third kappa shape index (κ3) is 6.27. The molecular weight excluding hydrogens is 508 g/mol. The monoisotopic (exact) mass is 544 g/mol. The summed E-state index contributed by atoms with van der Waals surface area (Å²) < 4.78 is 0. The molecule has 2 aliphatic carbocycles. The molecule has 9 nitrogen and oxygen atoms in total. The van der Waals surface area contributed by atoms with Crippen molar-refractivity contribution in [2.75, 3.05) is 23.0 Å². The second-order valence-corrected chi connectivity index (χ2v) is 11.7. The average Bonchev–Trinajstić information content (AvgIpc) is 3.85. The second kappa shape index (κ2) is 11.8. The third-order valence-electron chi connectivity index (χ3n) is 7.46. The maximum atomic E-state index is 12.1. The quantitative estimate of drug-likeness (QED) is 0.147. The lowest BCUT2D eigenvalue weighted by atomic mass is 10.1. The fourth-order valence-corrected chi connectivity index (χ4v) is 5.38. The number of nitrogens with zero attached hydrogens (tertiary/aromatic N) is 7. The fraction of sp³-hybridized carbons (Fsp3) is 0.483. The molecule has 2 fully saturated rings. The molecule has 3 aromatic heterocycles. The van der Waals surface area contributed by atoms with Crippen molar-refractivity contribution in [3.63, 3.8) is 0 Å². The molecule has 39 heavy (non-hydrogen) atoms. The normalized spacial score (nSPS) is 16.2. The lowest BCUT2D eigenvalue weighted by molar-refractivity contribution is -0.102. The SMILES string of the molecule is CCSc1ccc(CN=C(C=O)Nc2c(C)nc(-c3c(C)ncnc3C3CC3)nc2N(C)C(C)C2CC2)nc1. The van der Waals surface area contributed by atoms with E-state index in [9.17, 15) is 4.79 Å². The summed E-state index contributed by atoms with van der Waals surface area (Å²) in [6.07, 6.45) is 8.90. The zero-order chi connectivity index (χ0) is 27.5. The van der Waals surface area contributed by atoms with Crippen LogP contribution in [-0.4, -0.2) is 55.9 Å². The number of hydrogen-bond donors (Lipinski definition) is 1. The maximum Gasteiger partial charge on any atom is 0.185 e. The van der Waals surface area contributed by atoms with Crippen LogP contribution in [0.5, 0.6) is 0 Å². The maximum absolute atomic E-state index is 12.1. The van der Waals surface area contributed by atoms with Gasteiger partial charge in [0.2, 0.25) is 0 Å². The van der Waals surface area contributed by atoms with Crippen molar-refractivity contribution < 1.29 is 4.79 Å². The number of nitrogens with one attached hydrogen (secondary N) is 1. The first-order valence-electron chi connectivity index (χ1n) is 13.7. The van der Waals surface area contributed by atoms with Crippen molar-refractivity contribution in [1.29, 1.82) is 0 Å². The van der Waals surface area contributed by atoms with E-state index >= 15 is 0 Å². The number of aromatic nitrogens is 5. The molecule has 5 rings (SSSR count). The molecule has 0 amide bonds. The van der Waals surface area contributed by atoms with Gasteiger partial charge >= 0.3 is 0 Å². The van der Waals surface area contributed by atoms with E-state index in [-0.39, 0.29) is 5.84 Å². The molecule has 3 heterocycles. The van der Waals surface area contributed by atoms with Crippen LogP contribution < -0.4 is 10.2 Å². The van der Waals surface area contributed by atoms with E-state index in [1.807, 2.05) is 32.2 Å². The van der Waals surface area contributed by atoms with E-state index in [4.69, 9.17) is 9.97 Å². The highest BCUT2D eigenvalue weighted by Crippen LogP contribution is 2.44. The predicted molar refractivity (Wildman–Crippen MR) is 157 cm³/mol. The molecule has 1 N–H and O–H groups in total. The average molecular weight is 545 g/mol. The minimum atomic E-state index is 0.217. The predicted octanol–water partition coefficient (Wildman–Crippen LogP) is 5.38. The number of thioether (sulfide) groups is 1. The van der Waals surface area contributed by atoms with E-state index in [1.54, 1.807) is 18.1 Å². The van der Waals surface area contributed by atoms with E-state index in [1.165, 1.54) is 12.8 Å². The molecule has 1 atom stereocenters. The Bertz CT molecular complexity index is 1370. The number of carbonyl (C=O) groups excluding carboxylic acids is 1. The molecule has 10 heteroatoms. The van der Waals surface area contributed by atoms with E-state index < -0.39 is 0 Å². The van der Waals surface area contributed by atoms with Crippen molar-refractivity contribution in [2.45, 2.75) is 76.8 Å². The van der Waals surface area contributed by atoms with Crippen LogP contribution in [0.25, 0.3) is 11.4 Å². The molecule has 0 aromatic carbocycles. The highest BCUT2D eigenvalue weighted by molar-refractivity contribution is 7.99. The second-order valence-electron chi connectivity index (χ2n) is 10.4. The molecule has 2 saturated carbocycles. The standard InChI is InChI=1S/C29H36N8OS/c1-6-39-23-12-11-22(30-14-23)13-31-24(15-38)35-26-18(3)34-28(36-29(26)37(5)19(4)20-7-8-20)25-17(2)32-16-33-27(25)21-9-10-21/h11-12,14-16,19-21H,6-10,13H2,1-5H3,(H,31,35). The summed E-state index contributed by atoms with van der Waals surface area (Å²) in [7, 11) is 2.06. The van der Waals surface area contributed by atoms with Gasteiger partial charge in [0.15, 0.2) is 23.8 Å². The molecular formula is C29H36N8OS. The summed E-state index contributed by atoms with van der Waals surface area (Å²) >= 11 is 1.74. The lowest BCUT2D eigenvalue weighted by Crippen LogP contribution is -2.33. The van der Waals surface area contributed by atoms with E-state index in [0.29, 0.717) is 35.9 Å². The summed E-state index contributed by atoms with van der Waals surface area (Å²) in [5.41, 5.74) is 5.04. The third-order valence-corrected chi connectivity index (χ3v) is 8.32. The topological polar surface area (TPSA) is 109 Å². The van der Waals surface area contributed by atoms with Crippen LogP contribution in [0, 0.1) is 19.8 Å². The minimum absolute atomic E-state index is 0.217. The highest BCUT2D eigenvalue weighted by Gasteiger charge is 2.34. The Morgan fingerprint density at radius 1 is 1.15 bits per heavy atom. The number of amidine groups is 1. The first-order chi connectivity index (χ1) is 18.9. The van der Waals surface area contributed by atoms with Crippen molar-refractivity contribution in [3.05, 3.63) is 47.4 Å². The van der Waals surface area contributed by atoms with Gasteiger partial charge in [0.1, 0.15) is 12.0 Å². The number of aliphatic imine (C=N–C) groups is 1. The molecule has 0 saturated heterocycles. The summed E-state index contributed by atoms with van der Waals surface area (Å²) in [4.78, 5) is 43.5. The van der Waals surface area contributed by atoms with Crippen LogP contribution in [0.2, 0.25) is 0 Å². The molecule has 1 unspecified atom stereocenters. The molecule has 3 aromatic rings. The van der Waals surface area contributed by atoms with Crippen LogP contribution >= 0.6 is 11.8 Å². The van der Waals surface area contributed by atoms with Crippen LogP contribution in [0.15, 0.2) is 34.5 Å². The van der Waals surface area contributed by atoms with E-state index in [0.717, 1.165) is 63.9 Å². The zero-order valence-corrected chi connectivity index (χ0v) is 24.1. The fourth-order valence-electron chi connectivity index (χ4n) is 4.75. The minimum Gasteiger partial charge on any atom is -0.355 e. The number of aryl methyl sites for hydroxylation is 2. The Hall–Kier alpha value is -3.40. The number of pyridine rings is 1. The van der Waals surface area contributed by atoms with E-state index in [2.05, 4.69) is 51.1 Å². The van der Waals surface area contributed by atoms with Gasteiger partial charge in [0.25, 0.3) is 0 Å². The summed E-state index contributed by atoms with van der Waals surface area (Å²) in [5, 5.41) is 3.26. The van der Waals surface area contributed by atoms with Gasteiger partial charge in [0.05, 0.1) is 34.9 Å². The Labute approximate surface area is 234 Å². The van der Waals surface area contributed by atoms with Gasteiger partial charge in [-0.25, -0.2) is 19.9 Å². The van der Waals surface area contributed by atoms with Gasteiger partial charge in [-0.15, -0.1) is 11.8 Å². The van der Waals surface area contributed by atoms with Crippen LogP contribution in [-0.2, 0) is 11.3 Å². The van der Waals surface area contributed by atoms with Crippen molar-refractivity contribution >= 4 is 35.4 Å². The van der Waals surface area contributed by atoms with Crippen molar-refractivity contribution in [1.82, 2.24) is 24.9 Å². The van der Waals surface area contributed by atoms with Crippen molar-refractivity contribution in [3.8, 4) is 11.4 Å². The number of carbonyl (C=O) groups is 1. The largest absolute Gasteiger partial charge is 0.355 e. The number of rotatable bonds is 11. The molecule has 0 radical (unpaired) electrons. The number of aldehydes is 1. The number of anilines is 2. The molecule has 0 bridgehead atoms. The van der Waals surface area contributed by atoms with Crippen LogP contribution in [0.3, 0.4) is 0 Å². The first-order valence-corrected chi connectivity index (χ1v) is 14.7. The number of hydrogen-bond acceptors (Lipinski definition) is 9. The van der Waals surface area contributed by atoms with Crippen molar-refractivity contribution in [2.24, 2.45) is 10.9 Å². The molecule has 2 aliphatic rings. The Kier molecular flexibility index (Phi) is 8.20. The summed E-state index contributed by atoms with van der Waals surface area (Å²) in [5.74, 6) is 3.65. The smallest absolute Gasteiger partial charge is 0.185 e. The molecule has 0 aliphatic heterocycles. The van der Waals surface area contributed by atoms with Crippen LogP contribution in [0.4, 0.5) is 11.5 Å². The molecule has 204 valence electrons. The van der Waals surface area contributed by atoms with Gasteiger partial charge in [-0.1, -0.05) is 6.92 Å². The Balaban J connectivity index is 1.49. The zero-order valence-electron chi connectivity index (χ0n) is 23.3. The lowest BCUT2D eigenvalue weighted by Gasteiger charge is -2.29. The van der Waals surface area contributed by atoms with Gasteiger partial charge in [0, 0.05) is 30.1 Å². The van der Waals surface area contributed by atoms with Crippen LogP contribution in [0.1, 0.15) is 68.2 Å². The molecule has 0 spiro atoms. The Morgan fingerprint density at radius 2 is 1.95 bits per heavy atom. The van der Waals surface area contributed by atoms with Gasteiger partial charge in [-0.2, -0.15) is 0 Å². The van der Waals surface area contributed by atoms with Gasteiger partial charge in [-0.05, 0) is 70.3 Å².